The summed E-state index contributed by atoms with van der Waals surface area (Å²) in [7, 11) is 0. The number of benzene rings is 1. The molecule has 4 N–H and O–H groups in total. The molecule has 0 aliphatic heterocycles. The smallest absolute Gasteiger partial charge is 0.357 e. The molecule has 0 bridgehead atoms. The molecule has 2 rings (SSSR count). The summed E-state index contributed by atoms with van der Waals surface area (Å²) >= 11 is 0. The van der Waals surface area contributed by atoms with Gasteiger partial charge in [0.1, 0.15) is 0 Å². The first-order valence-corrected chi connectivity index (χ1v) is 9.56. The third-order valence-corrected chi connectivity index (χ3v) is 4.15. The summed E-state index contributed by atoms with van der Waals surface area (Å²) in [6.07, 6.45) is -2.52. The van der Waals surface area contributed by atoms with Gasteiger partial charge in [-0.2, -0.15) is 13.2 Å². The van der Waals surface area contributed by atoms with E-state index in [-0.39, 0.29) is 47.9 Å². The van der Waals surface area contributed by atoms with Gasteiger partial charge in [0.25, 0.3) is 5.91 Å². The number of nitrogens with zero attached hydrogens (tertiary/aromatic N) is 1. The van der Waals surface area contributed by atoms with Gasteiger partial charge in [-0.3, -0.25) is 14.6 Å². The molecule has 0 radical (unpaired) electrons. The second kappa shape index (κ2) is 12.6. The SMILES string of the molecule is CCNC(=NCCNC(=O)C1CC1)NCCNC(=O)c1ccc(C(F)(F)F)cc1.I. The molecule has 168 valence electrons. The normalized spacial score (nSPS) is 13.8. The number of nitrogens with one attached hydrogen (secondary N) is 4. The van der Waals surface area contributed by atoms with Crippen LogP contribution in [0.4, 0.5) is 13.2 Å². The van der Waals surface area contributed by atoms with Crippen molar-refractivity contribution in [1.82, 2.24) is 21.3 Å². The summed E-state index contributed by atoms with van der Waals surface area (Å²) in [5.41, 5.74) is -0.638. The third kappa shape index (κ3) is 9.18. The maximum absolute atomic E-state index is 12.5. The first kappa shape index (κ1) is 26.0. The van der Waals surface area contributed by atoms with E-state index in [1.165, 1.54) is 0 Å². The summed E-state index contributed by atoms with van der Waals surface area (Å²) in [5.74, 6) is 0.338. The van der Waals surface area contributed by atoms with Crippen LogP contribution >= 0.6 is 24.0 Å². The summed E-state index contributed by atoms with van der Waals surface area (Å²) in [4.78, 5) is 27.9. The molecule has 0 unspecified atom stereocenters. The van der Waals surface area contributed by atoms with Gasteiger partial charge in [-0.15, -0.1) is 24.0 Å². The first-order chi connectivity index (χ1) is 13.8. The molecule has 11 heteroatoms. The number of alkyl halides is 3. The second-order valence-electron chi connectivity index (χ2n) is 6.58. The number of hydrogen-bond donors (Lipinski definition) is 4. The second-order valence-corrected chi connectivity index (χ2v) is 6.58. The topological polar surface area (TPSA) is 94.6 Å². The minimum atomic E-state index is -4.43. The Bertz CT molecular complexity index is 722. The molecule has 1 aliphatic carbocycles. The molecule has 1 aromatic rings. The van der Waals surface area contributed by atoms with Gasteiger partial charge in [-0.1, -0.05) is 0 Å². The standard InChI is InChI=1S/C19H26F3N5O2.HI/c1-2-23-18(26-11-9-24-16(28)13-3-4-13)27-12-10-25-17(29)14-5-7-15(8-6-14)19(20,21)22;/h5-8,13H,2-4,9-12H2,1H3,(H,24,28)(H,25,29)(H2,23,26,27);1H. The van der Waals surface area contributed by atoms with Gasteiger partial charge in [0.2, 0.25) is 5.91 Å². The fourth-order valence-corrected chi connectivity index (χ4v) is 2.45. The molecule has 30 heavy (non-hydrogen) atoms. The van der Waals surface area contributed by atoms with Gasteiger partial charge in [-0.05, 0) is 44.0 Å². The van der Waals surface area contributed by atoms with Crippen LogP contribution in [-0.4, -0.2) is 50.5 Å². The van der Waals surface area contributed by atoms with Gasteiger partial charge in [0.05, 0.1) is 12.1 Å². The van der Waals surface area contributed by atoms with E-state index in [0.29, 0.717) is 32.1 Å². The van der Waals surface area contributed by atoms with Gasteiger partial charge < -0.3 is 21.3 Å². The maximum Gasteiger partial charge on any atom is 0.416 e. The quantitative estimate of drug-likeness (QED) is 0.167. The Morgan fingerprint density at radius 3 is 2.20 bits per heavy atom. The van der Waals surface area contributed by atoms with Crippen LogP contribution in [0.1, 0.15) is 35.7 Å². The molecular formula is C19H27F3IN5O2. The number of carbonyl (C=O) groups is 2. The van der Waals surface area contributed by atoms with Crippen LogP contribution in [0, 0.1) is 5.92 Å². The highest BCUT2D eigenvalue weighted by Gasteiger charge is 2.30. The van der Waals surface area contributed by atoms with E-state index < -0.39 is 17.6 Å². The molecule has 0 saturated heterocycles. The van der Waals surface area contributed by atoms with Gasteiger partial charge >= 0.3 is 6.18 Å². The highest BCUT2D eigenvalue weighted by Crippen LogP contribution is 2.29. The van der Waals surface area contributed by atoms with Crippen LogP contribution in [0.2, 0.25) is 0 Å². The number of rotatable bonds is 9. The summed E-state index contributed by atoms with van der Waals surface area (Å²) in [6.45, 7) is 4.09. The zero-order valence-electron chi connectivity index (χ0n) is 16.6. The van der Waals surface area contributed by atoms with Gasteiger partial charge in [0.15, 0.2) is 5.96 Å². The molecular weight excluding hydrogens is 514 g/mol. The van der Waals surface area contributed by atoms with E-state index in [9.17, 15) is 22.8 Å². The Labute approximate surface area is 190 Å². The molecule has 1 aromatic carbocycles. The number of hydrogen-bond acceptors (Lipinski definition) is 3. The molecule has 0 spiro atoms. The van der Waals surface area contributed by atoms with Crippen molar-refractivity contribution >= 4 is 41.8 Å². The molecule has 1 fully saturated rings. The number of halogens is 4. The minimum absolute atomic E-state index is 0. The lowest BCUT2D eigenvalue weighted by Crippen LogP contribution is -2.42. The van der Waals surface area contributed by atoms with E-state index in [0.717, 1.165) is 37.1 Å². The van der Waals surface area contributed by atoms with Crippen LogP contribution in [-0.2, 0) is 11.0 Å². The van der Waals surface area contributed by atoms with Crippen molar-refractivity contribution in [2.45, 2.75) is 25.9 Å². The lowest BCUT2D eigenvalue weighted by Gasteiger charge is -2.12. The Balaban J connectivity index is 0.00000450. The summed E-state index contributed by atoms with van der Waals surface area (Å²) in [5, 5.41) is 11.6. The Morgan fingerprint density at radius 1 is 1.00 bits per heavy atom. The molecule has 1 aliphatic rings. The third-order valence-electron chi connectivity index (χ3n) is 4.15. The summed E-state index contributed by atoms with van der Waals surface area (Å²) in [6, 6.07) is 4.05. The Hall–Kier alpha value is -2.05. The minimum Gasteiger partial charge on any atom is -0.357 e. The molecule has 2 amide bonds. The predicted molar refractivity (Wildman–Crippen MR) is 119 cm³/mol. The first-order valence-electron chi connectivity index (χ1n) is 9.56. The highest BCUT2D eigenvalue weighted by molar-refractivity contribution is 14.0. The van der Waals surface area contributed by atoms with Crippen LogP contribution in [0.5, 0.6) is 0 Å². The van der Waals surface area contributed by atoms with Crippen molar-refractivity contribution in [2.75, 3.05) is 32.7 Å². The Morgan fingerprint density at radius 2 is 1.63 bits per heavy atom. The van der Waals surface area contributed by atoms with E-state index in [1.54, 1.807) is 0 Å². The molecule has 0 atom stereocenters. The van der Waals surface area contributed by atoms with Gasteiger partial charge in [-0.25, -0.2) is 0 Å². The summed E-state index contributed by atoms with van der Waals surface area (Å²) < 4.78 is 37.6. The zero-order valence-corrected chi connectivity index (χ0v) is 19.0. The molecule has 7 nitrogen and oxygen atoms in total. The fourth-order valence-electron chi connectivity index (χ4n) is 2.45. The number of guanidine groups is 1. The average molecular weight is 541 g/mol. The van der Waals surface area contributed by atoms with Crippen molar-refractivity contribution in [3.63, 3.8) is 0 Å². The number of amides is 2. The van der Waals surface area contributed by atoms with Crippen molar-refractivity contribution in [3.05, 3.63) is 35.4 Å². The lowest BCUT2D eigenvalue weighted by molar-refractivity contribution is -0.137. The predicted octanol–water partition coefficient (Wildman–Crippen LogP) is 2.13. The highest BCUT2D eigenvalue weighted by atomic mass is 127. The Kier molecular flexibility index (Phi) is 10.9. The molecule has 1 saturated carbocycles. The van der Waals surface area contributed by atoms with E-state index in [2.05, 4.69) is 26.3 Å². The van der Waals surface area contributed by atoms with Crippen LogP contribution in [0.3, 0.4) is 0 Å². The van der Waals surface area contributed by atoms with Crippen LogP contribution in [0.25, 0.3) is 0 Å². The number of carbonyl (C=O) groups excluding carboxylic acids is 2. The largest absolute Gasteiger partial charge is 0.416 e. The van der Waals surface area contributed by atoms with Crippen molar-refractivity contribution in [2.24, 2.45) is 10.9 Å². The average Bonchev–Trinajstić information content (AvgIpc) is 3.52. The van der Waals surface area contributed by atoms with Gasteiger partial charge in [0, 0.05) is 37.7 Å². The van der Waals surface area contributed by atoms with Crippen LogP contribution < -0.4 is 21.3 Å². The van der Waals surface area contributed by atoms with Crippen LogP contribution in [0.15, 0.2) is 29.3 Å². The van der Waals surface area contributed by atoms with Crippen molar-refractivity contribution < 1.29 is 22.8 Å². The fraction of sp³-hybridized carbons (Fsp3) is 0.526. The van der Waals surface area contributed by atoms with Crippen molar-refractivity contribution in [1.29, 1.82) is 0 Å². The number of aliphatic imine (C=N–C) groups is 1. The zero-order chi connectivity index (χ0) is 21.3. The van der Waals surface area contributed by atoms with Crippen molar-refractivity contribution in [3.8, 4) is 0 Å². The lowest BCUT2D eigenvalue weighted by atomic mass is 10.1. The monoisotopic (exact) mass is 541 g/mol. The molecule has 0 aromatic heterocycles. The van der Waals surface area contributed by atoms with E-state index in [4.69, 9.17) is 0 Å². The maximum atomic E-state index is 12.5. The van der Waals surface area contributed by atoms with E-state index >= 15 is 0 Å². The molecule has 0 heterocycles. The van der Waals surface area contributed by atoms with E-state index in [1.807, 2.05) is 6.92 Å².